The number of nitrogens with one attached hydrogen (secondary N) is 1. The number of anilines is 1. The largest absolute Gasteiger partial charge is 0.497 e. The Morgan fingerprint density at radius 2 is 2.33 bits per heavy atom. The minimum Gasteiger partial charge on any atom is -0.497 e. The maximum Gasteiger partial charge on any atom is 0.321 e. The summed E-state index contributed by atoms with van der Waals surface area (Å²) in [6.07, 6.45) is 3.02. The first-order valence-electron chi connectivity index (χ1n) is 6.05. The van der Waals surface area contributed by atoms with Gasteiger partial charge in [-0.2, -0.15) is 4.98 Å². The molecule has 1 N–H and O–H groups in total. The average molecular weight is 245 g/mol. The fourth-order valence-electron chi connectivity index (χ4n) is 1.75. The second-order valence-electron chi connectivity index (χ2n) is 4.46. The molecule has 5 nitrogen and oxygen atoms in total. The fourth-order valence-corrected chi connectivity index (χ4v) is 1.75. The maximum absolute atomic E-state index is 5.18. The molecule has 2 aromatic rings. The van der Waals surface area contributed by atoms with Crippen LogP contribution < -0.4 is 10.1 Å². The van der Waals surface area contributed by atoms with E-state index in [4.69, 9.17) is 9.26 Å². The van der Waals surface area contributed by atoms with E-state index in [1.165, 1.54) is 12.8 Å². The molecule has 18 heavy (non-hydrogen) atoms. The van der Waals surface area contributed by atoms with Crippen molar-refractivity contribution in [2.75, 3.05) is 12.4 Å². The third-order valence-corrected chi connectivity index (χ3v) is 2.87. The third kappa shape index (κ3) is 2.61. The molecule has 1 heterocycles. The van der Waals surface area contributed by atoms with Crippen LogP contribution in [0, 0.1) is 0 Å². The van der Waals surface area contributed by atoms with Crippen molar-refractivity contribution in [3.8, 4) is 5.75 Å². The molecule has 1 fully saturated rings. The number of hydrogen-bond acceptors (Lipinski definition) is 5. The van der Waals surface area contributed by atoms with E-state index in [2.05, 4.69) is 15.5 Å². The summed E-state index contributed by atoms with van der Waals surface area (Å²) in [7, 11) is 1.66. The van der Waals surface area contributed by atoms with Crippen molar-refractivity contribution in [2.45, 2.75) is 25.3 Å². The lowest BCUT2D eigenvalue weighted by atomic mass is 10.1. The predicted molar refractivity (Wildman–Crippen MR) is 66.7 cm³/mol. The van der Waals surface area contributed by atoms with Crippen LogP contribution in [0.5, 0.6) is 5.75 Å². The highest BCUT2D eigenvalue weighted by molar-refractivity contribution is 5.31. The zero-order valence-electron chi connectivity index (χ0n) is 10.2. The lowest BCUT2D eigenvalue weighted by Crippen LogP contribution is -2.01. The lowest BCUT2D eigenvalue weighted by molar-refractivity contribution is 0.414. The summed E-state index contributed by atoms with van der Waals surface area (Å²) in [4.78, 5) is 4.31. The van der Waals surface area contributed by atoms with E-state index in [9.17, 15) is 0 Å². The van der Waals surface area contributed by atoms with Gasteiger partial charge < -0.3 is 14.6 Å². The van der Waals surface area contributed by atoms with Crippen LogP contribution in [0.25, 0.3) is 0 Å². The first-order chi connectivity index (χ1) is 8.83. The summed E-state index contributed by atoms with van der Waals surface area (Å²) >= 11 is 0. The molecule has 0 spiro atoms. The van der Waals surface area contributed by atoms with Gasteiger partial charge >= 0.3 is 6.01 Å². The number of hydrogen-bond donors (Lipinski definition) is 1. The highest BCUT2D eigenvalue weighted by atomic mass is 16.5. The van der Waals surface area contributed by atoms with Crippen LogP contribution in [-0.4, -0.2) is 23.3 Å². The van der Waals surface area contributed by atoms with Gasteiger partial charge in [-0.25, -0.2) is 0 Å². The van der Waals surface area contributed by atoms with E-state index >= 15 is 0 Å². The smallest absolute Gasteiger partial charge is 0.321 e. The van der Waals surface area contributed by atoms with Gasteiger partial charge in [0.1, 0.15) is 5.75 Å². The van der Waals surface area contributed by atoms with E-state index in [0.29, 0.717) is 24.3 Å². The summed E-state index contributed by atoms with van der Waals surface area (Å²) in [5.74, 6) is 1.53. The van der Waals surface area contributed by atoms with Crippen molar-refractivity contribution in [1.82, 2.24) is 10.1 Å². The highest BCUT2D eigenvalue weighted by Crippen LogP contribution is 2.24. The molecule has 1 aromatic heterocycles. The average Bonchev–Trinajstić information content (AvgIpc) is 3.09. The molecular formula is C13H15N3O2. The van der Waals surface area contributed by atoms with Crippen LogP contribution in [0.1, 0.15) is 24.2 Å². The standard InChI is InChI=1S/C13H15N3O2/c1-17-11-4-2-3-9(7-11)8-12-15-13(18-16-12)14-10-5-6-10/h2-4,7,10H,5-6,8H2,1H3,(H,14,15,16). The summed E-state index contributed by atoms with van der Waals surface area (Å²) in [6, 6.07) is 8.92. The van der Waals surface area contributed by atoms with Gasteiger partial charge in [0, 0.05) is 12.5 Å². The Bertz CT molecular complexity index is 535. The molecule has 0 bridgehead atoms. The zero-order valence-corrected chi connectivity index (χ0v) is 10.2. The Morgan fingerprint density at radius 1 is 1.44 bits per heavy atom. The lowest BCUT2D eigenvalue weighted by Gasteiger charge is -2.01. The SMILES string of the molecule is COc1cccc(Cc2noc(NC3CC3)n2)c1. The van der Waals surface area contributed by atoms with Crippen LogP contribution in [-0.2, 0) is 6.42 Å². The molecule has 1 aliphatic rings. The van der Waals surface area contributed by atoms with E-state index in [0.717, 1.165) is 11.3 Å². The Morgan fingerprint density at radius 3 is 3.11 bits per heavy atom. The van der Waals surface area contributed by atoms with Gasteiger partial charge in [0.15, 0.2) is 5.82 Å². The number of benzene rings is 1. The number of rotatable bonds is 5. The van der Waals surface area contributed by atoms with Crippen molar-refractivity contribution in [3.63, 3.8) is 0 Å². The van der Waals surface area contributed by atoms with Crippen molar-refractivity contribution in [2.24, 2.45) is 0 Å². The van der Waals surface area contributed by atoms with Crippen LogP contribution in [0.2, 0.25) is 0 Å². The van der Waals surface area contributed by atoms with Gasteiger partial charge in [0.2, 0.25) is 0 Å². The second kappa shape index (κ2) is 4.68. The van der Waals surface area contributed by atoms with Crippen LogP contribution in [0.4, 0.5) is 6.01 Å². The van der Waals surface area contributed by atoms with Crippen molar-refractivity contribution < 1.29 is 9.26 Å². The van der Waals surface area contributed by atoms with Crippen LogP contribution >= 0.6 is 0 Å². The molecule has 1 aromatic carbocycles. The molecule has 3 rings (SSSR count). The molecule has 0 amide bonds. The maximum atomic E-state index is 5.18. The topological polar surface area (TPSA) is 60.2 Å². The highest BCUT2D eigenvalue weighted by Gasteiger charge is 2.23. The molecule has 0 aliphatic heterocycles. The Hall–Kier alpha value is -2.04. The quantitative estimate of drug-likeness (QED) is 0.875. The minimum atomic E-state index is 0.523. The number of nitrogens with zero attached hydrogens (tertiary/aromatic N) is 2. The van der Waals surface area contributed by atoms with E-state index < -0.39 is 0 Å². The minimum absolute atomic E-state index is 0.523. The monoisotopic (exact) mass is 245 g/mol. The predicted octanol–water partition coefficient (Wildman–Crippen LogP) is 2.24. The summed E-state index contributed by atoms with van der Waals surface area (Å²) in [5, 5.41) is 7.14. The van der Waals surface area contributed by atoms with Crippen molar-refractivity contribution >= 4 is 6.01 Å². The van der Waals surface area contributed by atoms with E-state index in [1.807, 2.05) is 24.3 Å². The molecule has 1 aliphatic carbocycles. The Kier molecular flexibility index (Phi) is 2.88. The summed E-state index contributed by atoms with van der Waals surface area (Å²) in [5.41, 5.74) is 1.10. The number of ether oxygens (including phenoxy) is 1. The molecule has 1 saturated carbocycles. The third-order valence-electron chi connectivity index (χ3n) is 2.87. The van der Waals surface area contributed by atoms with E-state index in [1.54, 1.807) is 7.11 Å². The van der Waals surface area contributed by atoms with E-state index in [-0.39, 0.29) is 0 Å². The molecular weight excluding hydrogens is 230 g/mol. The Labute approximate surface area is 105 Å². The number of aromatic nitrogens is 2. The van der Waals surface area contributed by atoms with Crippen LogP contribution in [0.15, 0.2) is 28.8 Å². The first-order valence-corrected chi connectivity index (χ1v) is 6.05. The normalized spacial score (nSPS) is 14.5. The van der Waals surface area contributed by atoms with Gasteiger partial charge in [-0.3, -0.25) is 0 Å². The molecule has 0 saturated heterocycles. The van der Waals surface area contributed by atoms with Crippen molar-refractivity contribution in [3.05, 3.63) is 35.7 Å². The molecule has 94 valence electrons. The molecule has 5 heteroatoms. The Balaban J connectivity index is 1.68. The summed E-state index contributed by atoms with van der Waals surface area (Å²) < 4.78 is 10.3. The van der Waals surface area contributed by atoms with Crippen LogP contribution in [0.3, 0.4) is 0 Å². The fraction of sp³-hybridized carbons (Fsp3) is 0.385. The molecule has 0 atom stereocenters. The van der Waals surface area contributed by atoms with Gasteiger partial charge in [0.25, 0.3) is 0 Å². The van der Waals surface area contributed by atoms with Crippen molar-refractivity contribution in [1.29, 1.82) is 0 Å². The summed E-state index contributed by atoms with van der Waals surface area (Å²) in [6.45, 7) is 0. The van der Waals surface area contributed by atoms with Gasteiger partial charge in [-0.15, -0.1) is 0 Å². The molecule has 0 radical (unpaired) electrons. The van der Waals surface area contributed by atoms with Gasteiger partial charge in [-0.1, -0.05) is 17.3 Å². The zero-order chi connectivity index (χ0) is 12.4. The first kappa shape index (κ1) is 11.1. The van der Waals surface area contributed by atoms with Gasteiger partial charge in [-0.05, 0) is 30.5 Å². The molecule has 0 unspecified atom stereocenters. The number of methoxy groups -OCH3 is 1. The second-order valence-corrected chi connectivity index (χ2v) is 4.46. The van der Waals surface area contributed by atoms with Gasteiger partial charge in [0.05, 0.1) is 7.11 Å².